The van der Waals surface area contributed by atoms with Gasteiger partial charge >= 0.3 is 12.1 Å². The Labute approximate surface area is 193 Å². The third kappa shape index (κ3) is 5.34. The average Bonchev–Trinajstić information content (AvgIpc) is 3.17. The second-order valence-corrected chi connectivity index (χ2v) is 8.10. The average molecular weight is 455 g/mol. The number of ether oxygens (including phenoxy) is 2. The molecule has 2 amide bonds. The molecular formula is C25H30N2O6. The minimum absolute atomic E-state index is 0.0806. The molecule has 0 fully saturated rings. The fourth-order valence-corrected chi connectivity index (χ4v) is 4.03. The molecule has 1 aliphatic rings. The Kier molecular flexibility index (Phi) is 8.06. The quantitative estimate of drug-likeness (QED) is 0.502. The molecule has 33 heavy (non-hydrogen) atoms. The van der Waals surface area contributed by atoms with Crippen LogP contribution in [0.5, 0.6) is 0 Å². The first-order chi connectivity index (χ1) is 15.9. The van der Waals surface area contributed by atoms with Crippen LogP contribution >= 0.6 is 0 Å². The van der Waals surface area contributed by atoms with Crippen LogP contribution in [0.15, 0.2) is 48.5 Å². The van der Waals surface area contributed by atoms with Gasteiger partial charge in [-0.25, -0.2) is 9.59 Å². The molecule has 3 N–H and O–H groups in total. The molecule has 0 radical (unpaired) electrons. The highest BCUT2D eigenvalue weighted by molar-refractivity contribution is 5.90. The summed E-state index contributed by atoms with van der Waals surface area (Å²) in [6.07, 6.45) is -0.201. The van der Waals surface area contributed by atoms with Gasteiger partial charge in [-0.2, -0.15) is 0 Å². The summed E-state index contributed by atoms with van der Waals surface area (Å²) in [6, 6.07) is 13.8. The Balaban J connectivity index is 1.63. The molecule has 0 unspecified atom stereocenters. The highest BCUT2D eigenvalue weighted by Gasteiger charge is 2.32. The number of rotatable bonds is 9. The van der Waals surface area contributed by atoms with E-state index in [-0.39, 0.29) is 18.4 Å². The topological polar surface area (TPSA) is 114 Å². The molecule has 2 aromatic rings. The first kappa shape index (κ1) is 24.3. The van der Waals surface area contributed by atoms with Crippen LogP contribution in [0.2, 0.25) is 0 Å². The standard InChI is InChI=1S/C25H30N2O6/c1-4-15(2)22(24(30)32-3)27-23(29)21(13-28)26-25(31)33-14-20-18-11-7-5-9-16(18)17-10-6-8-12-19(17)20/h5-12,15,20-22,28H,4,13-14H2,1-3H3,(H,26,31)(H,27,29)/t15-,21-,22-/m0/s1. The molecule has 3 atom stereocenters. The highest BCUT2D eigenvalue weighted by Crippen LogP contribution is 2.44. The van der Waals surface area contributed by atoms with Gasteiger partial charge in [0.15, 0.2) is 0 Å². The lowest BCUT2D eigenvalue weighted by atomic mass is 9.98. The van der Waals surface area contributed by atoms with Crippen LogP contribution in [0.25, 0.3) is 11.1 Å². The van der Waals surface area contributed by atoms with Gasteiger partial charge in [-0.05, 0) is 28.2 Å². The predicted octanol–water partition coefficient (Wildman–Crippen LogP) is 2.59. The highest BCUT2D eigenvalue weighted by atomic mass is 16.5. The third-order valence-corrected chi connectivity index (χ3v) is 6.10. The van der Waals surface area contributed by atoms with Gasteiger partial charge in [-0.15, -0.1) is 0 Å². The zero-order valence-corrected chi connectivity index (χ0v) is 19.0. The second kappa shape index (κ2) is 11.0. The number of fused-ring (bicyclic) bond motifs is 3. The number of aliphatic hydroxyl groups is 1. The van der Waals surface area contributed by atoms with Gasteiger partial charge in [0, 0.05) is 5.92 Å². The number of methoxy groups -OCH3 is 1. The number of carbonyl (C=O) groups is 3. The lowest BCUT2D eigenvalue weighted by Crippen LogP contribution is -2.55. The first-order valence-corrected chi connectivity index (χ1v) is 11.0. The van der Waals surface area contributed by atoms with E-state index in [0.717, 1.165) is 22.3 Å². The van der Waals surface area contributed by atoms with Gasteiger partial charge in [0.25, 0.3) is 0 Å². The first-order valence-electron chi connectivity index (χ1n) is 11.0. The molecule has 0 bridgehead atoms. The van der Waals surface area contributed by atoms with E-state index < -0.39 is 36.7 Å². The largest absolute Gasteiger partial charge is 0.467 e. The Hall–Kier alpha value is -3.39. The summed E-state index contributed by atoms with van der Waals surface area (Å²) >= 11 is 0. The fourth-order valence-electron chi connectivity index (χ4n) is 4.03. The van der Waals surface area contributed by atoms with Gasteiger partial charge in [0.05, 0.1) is 13.7 Å². The smallest absolute Gasteiger partial charge is 0.407 e. The molecule has 8 nitrogen and oxygen atoms in total. The number of hydrogen-bond acceptors (Lipinski definition) is 6. The summed E-state index contributed by atoms with van der Waals surface area (Å²) in [6.45, 7) is 3.11. The SMILES string of the molecule is CC[C@H](C)[C@H](NC(=O)[C@H](CO)NC(=O)OCC1c2ccccc2-c2ccccc21)C(=O)OC. The van der Waals surface area contributed by atoms with Crippen molar-refractivity contribution in [1.82, 2.24) is 10.6 Å². The molecule has 1 aliphatic carbocycles. The van der Waals surface area contributed by atoms with Crippen LogP contribution in [0.4, 0.5) is 4.79 Å². The maximum atomic E-state index is 12.6. The van der Waals surface area contributed by atoms with Crippen molar-refractivity contribution in [1.29, 1.82) is 0 Å². The van der Waals surface area contributed by atoms with E-state index in [9.17, 15) is 19.5 Å². The van der Waals surface area contributed by atoms with E-state index in [2.05, 4.69) is 10.6 Å². The van der Waals surface area contributed by atoms with Crippen molar-refractivity contribution in [3.8, 4) is 11.1 Å². The monoisotopic (exact) mass is 454 g/mol. The van der Waals surface area contributed by atoms with E-state index in [4.69, 9.17) is 9.47 Å². The van der Waals surface area contributed by atoms with Crippen molar-refractivity contribution >= 4 is 18.0 Å². The molecule has 0 aliphatic heterocycles. The molecule has 0 saturated heterocycles. The molecule has 0 spiro atoms. The van der Waals surface area contributed by atoms with Gasteiger partial charge < -0.3 is 25.2 Å². The molecule has 0 saturated carbocycles. The van der Waals surface area contributed by atoms with Crippen molar-refractivity contribution in [2.45, 2.75) is 38.3 Å². The zero-order chi connectivity index (χ0) is 24.0. The molecule has 0 aromatic heterocycles. The number of alkyl carbamates (subject to hydrolysis) is 1. The van der Waals surface area contributed by atoms with E-state index in [0.29, 0.717) is 6.42 Å². The van der Waals surface area contributed by atoms with Crippen LogP contribution < -0.4 is 10.6 Å². The van der Waals surface area contributed by atoms with E-state index in [1.54, 1.807) is 6.92 Å². The van der Waals surface area contributed by atoms with Gasteiger partial charge in [-0.1, -0.05) is 68.8 Å². The van der Waals surface area contributed by atoms with Crippen molar-refractivity contribution in [3.63, 3.8) is 0 Å². The fraction of sp³-hybridized carbons (Fsp3) is 0.400. The molecule has 2 aromatic carbocycles. The van der Waals surface area contributed by atoms with Crippen LogP contribution in [0, 0.1) is 5.92 Å². The van der Waals surface area contributed by atoms with E-state index in [1.165, 1.54) is 7.11 Å². The summed E-state index contributed by atoms with van der Waals surface area (Å²) in [5, 5.41) is 14.6. The molecule has 176 valence electrons. The van der Waals surface area contributed by atoms with Crippen LogP contribution in [0.3, 0.4) is 0 Å². The number of benzene rings is 2. The van der Waals surface area contributed by atoms with Gasteiger partial charge in [0.2, 0.25) is 5.91 Å². The molecule has 0 heterocycles. The van der Waals surface area contributed by atoms with Crippen LogP contribution in [-0.2, 0) is 19.1 Å². The van der Waals surface area contributed by atoms with Crippen molar-refractivity contribution < 1.29 is 29.0 Å². The number of carbonyl (C=O) groups excluding carboxylic acids is 3. The number of nitrogens with one attached hydrogen (secondary N) is 2. The number of aliphatic hydroxyl groups excluding tert-OH is 1. The Morgan fingerprint density at radius 2 is 1.58 bits per heavy atom. The van der Waals surface area contributed by atoms with Crippen molar-refractivity contribution in [3.05, 3.63) is 59.7 Å². The minimum atomic E-state index is -1.27. The normalized spacial score (nSPS) is 14.9. The molecular weight excluding hydrogens is 424 g/mol. The van der Waals surface area contributed by atoms with E-state index >= 15 is 0 Å². The van der Waals surface area contributed by atoms with Crippen molar-refractivity contribution in [2.24, 2.45) is 5.92 Å². The lowest BCUT2D eigenvalue weighted by Gasteiger charge is -2.24. The number of amides is 2. The summed E-state index contributed by atoms with van der Waals surface area (Å²) in [7, 11) is 1.24. The lowest BCUT2D eigenvalue weighted by molar-refractivity contribution is -0.147. The van der Waals surface area contributed by atoms with Gasteiger partial charge in [-0.3, -0.25) is 4.79 Å². The van der Waals surface area contributed by atoms with Gasteiger partial charge in [0.1, 0.15) is 18.7 Å². The zero-order valence-electron chi connectivity index (χ0n) is 19.0. The number of esters is 1. The van der Waals surface area contributed by atoms with Crippen LogP contribution in [-0.4, -0.2) is 55.5 Å². The Morgan fingerprint density at radius 3 is 2.09 bits per heavy atom. The minimum Gasteiger partial charge on any atom is -0.467 e. The van der Waals surface area contributed by atoms with Crippen LogP contribution in [0.1, 0.15) is 37.3 Å². The van der Waals surface area contributed by atoms with Crippen molar-refractivity contribution in [2.75, 3.05) is 20.3 Å². The third-order valence-electron chi connectivity index (χ3n) is 6.10. The second-order valence-electron chi connectivity index (χ2n) is 8.10. The number of hydrogen-bond donors (Lipinski definition) is 3. The Morgan fingerprint density at radius 1 is 1.00 bits per heavy atom. The predicted molar refractivity (Wildman–Crippen MR) is 122 cm³/mol. The molecule has 3 rings (SSSR count). The Bertz CT molecular complexity index is 962. The maximum absolute atomic E-state index is 12.6. The summed E-state index contributed by atoms with van der Waals surface area (Å²) < 4.78 is 10.2. The summed E-state index contributed by atoms with van der Waals surface area (Å²) in [5.74, 6) is -1.59. The summed E-state index contributed by atoms with van der Waals surface area (Å²) in [5.41, 5.74) is 4.34. The maximum Gasteiger partial charge on any atom is 0.407 e. The van der Waals surface area contributed by atoms with E-state index in [1.807, 2.05) is 55.5 Å². The molecule has 8 heteroatoms. The summed E-state index contributed by atoms with van der Waals surface area (Å²) in [4.78, 5) is 37.1.